The van der Waals surface area contributed by atoms with E-state index in [4.69, 9.17) is 0 Å². The Bertz CT molecular complexity index is 788. The molecule has 2 aromatic carbocycles. The SMILES string of the molecule is Cc1cc(CNCc2cccc(NC(=O)CN(C)C)c2)ccc1C(F)(F)F. The quantitative estimate of drug-likeness (QED) is 0.769. The van der Waals surface area contributed by atoms with Crippen molar-refractivity contribution in [2.75, 3.05) is 26.0 Å². The predicted molar refractivity (Wildman–Crippen MR) is 100 cm³/mol. The molecule has 0 saturated carbocycles. The molecule has 146 valence electrons. The lowest BCUT2D eigenvalue weighted by Crippen LogP contribution is -2.27. The number of likely N-dealkylation sites (N-methyl/N-ethyl adjacent to an activating group) is 1. The first-order chi connectivity index (χ1) is 12.6. The number of alkyl halides is 3. The Morgan fingerprint density at radius 3 is 2.30 bits per heavy atom. The summed E-state index contributed by atoms with van der Waals surface area (Å²) < 4.78 is 38.4. The normalized spacial score (nSPS) is 11.7. The van der Waals surface area contributed by atoms with Gasteiger partial charge in [0.05, 0.1) is 12.1 Å². The summed E-state index contributed by atoms with van der Waals surface area (Å²) in [5.74, 6) is -0.0923. The predicted octanol–water partition coefficient (Wildman–Crippen LogP) is 3.80. The Hall–Kier alpha value is -2.38. The zero-order chi connectivity index (χ0) is 20.0. The van der Waals surface area contributed by atoms with Gasteiger partial charge >= 0.3 is 6.18 Å². The molecule has 0 fully saturated rings. The number of nitrogens with zero attached hydrogens (tertiary/aromatic N) is 1. The molecule has 0 spiro atoms. The van der Waals surface area contributed by atoms with Crippen LogP contribution in [0, 0.1) is 6.92 Å². The van der Waals surface area contributed by atoms with Gasteiger partial charge in [-0.05, 0) is 55.9 Å². The molecular formula is C20H24F3N3O. The van der Waals surface area contributed by atoms with E-state index in [1.807, 2.05) is 38.4 Å². The summed E-state index contributed by atoms with van der Waals surface area (Å²) in [5.41, 5.74) is 2.09. The Labute approximate surface area is 157 Å². The molecule has 27 heavy (non-hydrogen) atoms. The summed E-state index contributed by atoms with van der Waals surface area (Å²) in [6, 6.07) is 11.6. The smallest absolute Gasteiger partial charge is 0.325 e. The lowest BCUT2D eigenvalue weighted by atomic mass is 10.0. The van der Waals surface area contributed by atoms with Crippen molar-refractivity contribution in [2.24, 2.45) is 0 Å². The minimum atomic E-state index is -4.33. The Morgan fingerprint density at radius 1 is 1.04 bits per heavy atom. The van der Waals surface area contributed by atoms with Crippen LogP contribution in [0.3, 0.4) is 0 Å². The van der Waals surface area contributed by atoms with E-state index in [9.17, 15) is 18.0 Å². The number of hydrogen-bond acceptors (Lipinski definition) is 3. The van der Waals surface area contributed by atoms with Crippen LogP contribution in [0.1, 0.15) is 22.3 Å². The topological polar surface area (TPSA) is 44.4 Å². The monoisotopic (exact) mass is 379 g/mol. The van der Waals surface area contributed by atoms with Crippen LogP contribution in [0.25, 0.3) is 0 Å². The van der Waals surface area contributed by atoms with E-state index in [1.54, 1.807) is 11.0 Å². The van der Waals surface area contributed by atoms with Gasteiger partial charge in [-0.1, -0.05) is 24.3 Å². The van der Waals surface area contributed by atoms with Gasteiger partial charge in [0.15, 0.2) is 0 Å². The third-order valence-corrected chi connectivity index (χ3v) is 3.93. The molecule has 0 heterocycles. The molecule has 0 aromatic heterocycles. The first kappa shape index (κ1) is 20.9. The van der Waals surface area contributed by atoms with Crippen molar-refractivity contribution in [1.82, 2.24) is 10.2 Å². The molecule has 0 saturated heterocycles. The second-order valence-electron chi connectivity index (χ2n) is 6.74. The van der Waals surface area contributed by atoms with Crippen molar-refractivity contribution >= 4 is 11.6 Å². The molecule has 0 aliphatic carbocycles. The fourth-order valence-corrected chi connectivity index (χ4v) is 2.75. The zero-order valence-corrected chi connectivity index (χ0v) is 15.7. The lowest BCUT2D eigenvalue weighted by Gasteiger charge is -2.13. The molecule has 7 heteroatoms. The van der Waals surface area contributed by atoms with Gasteiger partial charge in [-0.25, -0.2) is 0 Å². The Kier molecular flexibility index (Phi) is 6.98. The summed E-state index contributed by atoms with van der Waals surface area (Å²) in [7, 11) is 3.64. The molecular weight excluding hydrogens is 355 g/mol. The summed E-state index contributed by atoms with van der Waals surface area (Å²) >= 11 is 0. The van der Waals surface area contributed by atoms with Gasteiger partial charge in [0, 0.05) is 18.8 Å². The molecule has 2 rings (SSSR count). The molecule has 0 aliphatic heterocycles. The highest BCUT2D eigenvalue weighted by atomic mass is 19.4. The molecule has 0 bridgehead atoms. The lowest BCUT2D eigenvalue weighted by molar-refractivity contribution is -0.138. The van der Waals surface area contributed by atoms with Crippen molar-refractivity contribution < 1.29 is 18.0 Å². The van der Waals surface area contributed by atoms with Gasteiger partial charge < -0.3 is 15.5 Å². The number of hydrogen-bond donors (Lipinski definition) is 2. The minimum Gasteiger partial charge on any atom is -0.325 e. The van der Waals surface area contributed by atoms with Crippen LogP contribution < -0.4 is 10.6 Å². The third-order valence-electron chi connectivity index (χ3n) is 3.93. The van der Waals surface area contributed by atoms with Crippen molar-refractivity contribution in [3.63, 3.8) is 0 Å². The van der Waals surface area contributed by atoms with E-state index in [2.05, 4.69) is 10.6 Å². The molecule has 0 radical (unpaired) electrons. The van der Waals surface area contributed by atoms with Crippen LogP contribution in [0.4, 0.5) is 18.9 Å². The number of nitrogens with one attached hydrogen (secondary N) is 2. The number of anilines is 1. The molecule has 0 aliphatic rings. The first-order valence-electron chi connectivity index (χ1n) is 8.56. The van der Waals surface area contributed by atoms with Crippen LogP contribution in [0.2, 0.25) is 0 Å². The van der Waals surface area contributed by atoms with E-state index in [0.717, 1.165) is 17.2 Å². The fraction of sp³-hybridized carbons (Fsp3) is 0.350. The molecule has 0 unspecified atom stereocenters. The summed E-state index contributed by atoms with van der Waals surface area (Å²) in [6.07, 6.45) is -4.33. The number of benzene rings is 2. The number of rotatable bonds is 7. The van der Waals surface area contributed by atoms with E-state index in [1.165, 1.54) is 13.0 Å². The maximum atomic E-state index is 12.8. The standard InChI is InChI=1S/C20H24F3N3O/c1-14-9-16(7-8-18(14)20(21,22)23)12-24-11-15-5-4-6-17(10-15)25-19(27)13-26(2)3/h4-10,24H,11-13H2,1-3H3,(H,25,27). The molecule has 4 nitrogen and oxygen atoms in total. The Morgan fingerprint density at radius 2 is 1.70 bits per heavy atom. The average Bonchev–Trinajstić information content (AvgIpc) is 2.53. The summed E-state index contributed by atoms with van der Waals surface area (Å²) in [6.45, 7) is 2.76. The highest BCUT2D eigenvalue weighted by Crippen LogP contribution is 2.32. The molecule has 0 atom stereocenters. The second kappa shape index (κ2) is 9.01. The third kappa shape index (κ3) is 6.69. The van der Waals surface area contributed by atoms with Crippen molar-refractivity contribution in [3.8, 4) is 0 Å². The van der Waals surface area contributed by atoms with Gasteiger partial charge in [0.1, 0.15) is 0 Å². The van der Waals surface area contributed by atoms with Crippen LogP contribution >= 0.6 is 0 Å². The Balaban J connectivity index is 1.91. The molecule has 2 aromatic rings. The van der Waals surface area contributed by atoms with Crippen LogP contribution in [-0.4, -0.2) is 31.4 Å². The average molecular weight is 379 g/mol. The van der Waals surface area contributed by atoms with Crippen molar-refractivity contribution in [2.45, 2.75) is 26.2 Å². The molecule has 1 amide bonds. The number of carbonyl (C=O) groups is 1. The largest absolute Gasteiger partial charge is 0.416 e. The summed E-state index contributed by atoms with van der Waals surface area (Å²) in [5, 5.41) is 6.05. The van der Waals surface area contributed by atoms with E-state index < -0.39 is 11.7 Å². The van der Waals surface area contributed by atoms with Crippen molar-refractivity contribution in [1.29, 1.82) is 0 Å². The van der Waals surface area contributed by atoms with Crippen molar-refractivity contribution in [3.05, 3.63) is 64.7 Å². The number of halogens is 3. The second-order valence-corrected chi connectivity index (χ2v) is 6.74. The van der Waals surface area contributed by atoms with E-state index >= 15 is 0 Å². The van der Waals surface area contributed by atoms with Gasteiger partial charge in [-0.15, -0.1) is 0 Å². The van der Waals surface area contributed by atoms with Gasteiger partial charge in [0.2, 0.25) is 5.91 Å². The van der Waals surface area contributed by atoms with E-state index in [0.29, 0.717) is 25.3 Å². The minimum absolute atomic E-state index is 0.0923. The van der Waals surface area contributed by atoms with E-state index in [-0.39, 0.29) is 11.5 Å². The first-order valence-corrected chi connectivity index (χ1v) is 8.56. The maximum Gasteiger partial charge on any atom is 0.416 e. The molecule has 2 N–H and O–H groups in total. The van der Waals surface area contributed by atoms with Crippen LogP contribution in [0.5, 0.6) is 0 Å². The van der Waals surface area contributed by atoms with Gasteiger partial charge in [-0.2, -0.15) is 13.2 Å². The fourth-order valence-electron chi connectivity index (χ4n) is 2.75. The van der Waals surface area contributed by atoms with Crippen LogP contribution in [-0.2, 0) is 24.1 Å². The highest BCUT2D eigenvalue weighted by Gasteiger charge is 2.31. The highest BCUT2D eigenvalue weighted by molar-refractivity contribution is 5.92. The maximum absolute atomic E-state index is 12.8. The van der Waals surface area contributed by atoms with Gasteiger partial charge in [0.25, 0.3) is 0 Å². The zero-order valence-electron chi connectivity index (χ0n) is 15.7. The summed E-state index contributed by atoms with van der Waals surface area (Å²) in [4.78, 5) is 13.6. The number of aryl methyl sites for hydroxylation is 1. The van der Waals surface area contributed by atoms with Crippen LogP contribution in [0.15, 0.2) is 42.5 Å². The number of amides is 1. The van der Waals surface area contributed by atoms with Gasteiger partial charge in [-0.3, -0.25) is 4.79 Å². The number of carbonyl (C=O) groups excluding carboxylic acids is 1.